The maximum absolute atomic E-state index is 11.5. The van der Waals surface area contributed by atoms with E-state index >= 15 is 0 Å². The molecular weight excluding hydrogens is 312 g/mol. The molecule has 2 aliphatic rings. The molecule has 0 bridgehead atoms. The lowest BCUT2D eigenvalue weighted by Crippen LogP contribution is -2.40. The molecule has 1 N–H and O–H groups in total. The highest BCUT2D eigenvalue weighted by Crippen LogP contribution is 2.38. The number of nitrogens with zero attached hydrogens (tertiary/aromatic N) is 1. The van der Waals surface area contributed by atoms with Gasteiger partial charge in [0.2, 0.25) is 5.91 Å². The molecule has 1 spiro atoms. The number of nitrogens with one attached hydrogen (secondary N) is 1. The first kappa shape index (κ1) is 16.2. The van der Waals surface area contributed by atoms with Gasteiger partial charge in [-0.15, -0.1) is 6.42 Å². The van der Waals surface area contributed by atoms with Gasteiger partial charge in [0.05, 0.1) is 5.02 Å². The van der Waals surface area contributed by atoms with E-state index in [1.54, 1.807) is 0 Å². The quantitative estimate of drug-likeness (QED) is 0.861. The Morgan fingerprint density at radius 3 is 2.78 bits per heavy atom. The number of hydrogen-bond acceptors (Lipinski definition) is 3. The van der Waals surface area contributed by atoms with Crippen LogP contribution in [0.1, 0.15) is 24.8 Å². The van der Waals surface area contributed by atoms with E-state index in [-0.39, 0.29) is 17.9 Å². The highest BCUT2D eigenvalue weighted by Gasteiger charge is 2.40. The molecule has 0 radical (unpaired) electrons. The smallest absolute Gasteiger partial charge is 0.220 e. The van der Waals surface area contributed by atoms with E-state index in [9.17, 15) is 4.79 Å². The van der Waals surface area contributed by atoms with Crippen LogP contribution in [0.3, 0.4) is 0 Å². The minimum atomic E-state index is 0.193. The van der Waals surface area contributed by atoms with Crippen molar-refractivity contribution in [3.05, 3.63) is 28.8 Å². The molecule has 5 heteroatoms. The number of amides is 1. The summed E-state index contributed by atoms with van der Waals surface area (Å²) in [5, 5.41) is 3.57. The van der Waals surface area contributed by atoms with Crippen molar-refractivity contribution < 1.29 is 9.53 Å². The van der Waals surface area contributed by atoms with E-state index in [1.807, 2.05) is 18.2 Å². The standard InChI is InChI=1S/C18H21ClN2O2/c1-2-9-23-16-4-3-14(10-15(16)19)12-21-7-5-18(6-8-21)11-17(22)20-13-18/h1,3-4,10H,5-9,11-13H2,(H,20,22). The molecular formula is C18H21ClN2O2. The molecule has 2 fully saturated rings. The van der Waals surface area contributed by atoms with Gasteiger partial charge in [0.25, 0.3) is 0 Å². The monoisotopic (exact) mass is 332 g/mol. The lowest BCUT2D eigenvalue weighted by molar-refractivity contribution is -0.119. The van der Waals surface area contributed by atoms with Crippen LogP contribution in [0.15, 0.2) is 18.2 Å². The SMILES string of the molecule is C#CCOc1ccc(CN2CCC3(CC2)CNC(=O)C3)cc1Cl. The van der Waals surface area contributed by atoms with Crippen molar-refractivity contribution in [2.75, 3.05) is 26.2 Å². The Labute approximate surface area is 142 Å². The summed E-state index contributed by atoms with van der Waals surface area (Å²) in [6.07, 6.45) is 8.02. The van der Waals surface area contributed by atoms with Gasteiger partial charge in [0.15, 0.2) is 0 Å². The molecule has 2 saturated heterocycles. The van der Waals surface area contributed by atoms with Crippen molar-refractivity contribution in [3.8, 4) is 18.1 Å². The highest BCUT2D eigenvalue weighted by molar-refractivity contribution is 6.32. The van der Waals surface area contributed by atoms with Gasteiger partial charge in [0, 0.05) is 19.5 Å². The molecule has 3 rings (SSSR count). The molecule has 4 nitrogen and oxygen atoms in total. The Balaban J connectivity index is 1.55. The zero-order valence-corrected chi connectivity index (χ0v) is 13.9. The van der Waals surface area contributed by atoms with E-state index in [1.165, 1.54) is 5.56 Å². The number of rotatable bonds is 4. The average Bonchev–Trinajstić information content (AvgIpc) is 2.90. The fourth-order valence-electron chi connectivity index (χ4n) is 3.43. The van der Waals surface area contributed by atoms with Gasteiger partial charge in [0.1, 0.15) is 12.4 Å². The summed E-state index contributed by atoms with van der Waals surface area (Å²) in [5.74, 6) is 3.26. The molecule has 1 aromatic rings. The Bertz CT molecular complexity index is 630. The van der Waals surface area contributed by atoms with Crippen LogP contribution in [0, 0.1) is 17.8 Å². The molecule has 1 aromatic carbocycles. The van der Waals surface area contributed by atoms with E-state index < -0.39 is 0 Å². The number of carbonyl (C=O) groups is 1. The first-order valence-electron chi connectivity index (χ1n) is 7.94. The molecule has 1 amide bonds. The second kappa shape index (κ2) is 6.82. The Morgan fingerprint density at radius 2 is 2.17 bits per heavy atom. The Kier molecular flexibility index (Phi) is 4.79. The van der Waals surface area contributed by atoms with E-state index in [4.69, 9.17) is 22.8 Å². The summed E-state index contributed by atoms with van der Waals surface area (Å²) in [5.41, 5.74) is 1.36. The molecule has 0 unspecified atom stereocenters. The van der Waals surface area contributed by atoms with E-state index in [0.29, 0.717) is 17.2 Å². The van der Waals surface area contributed by atoms with Crippen LogP contribution in [0.2, 0.25) is 5.02 Å². The maximum Gasteiger partial charge on any atom is 0.220 e. The van der Waals surface area contributed by atoms with Crippen molar-refractivity contribution in [1.82, 2.24) is 10.2 Å². The topological polar surface area (TPSA) is 41.6 Å². The highest BCUT2D eigenvalue weighted by atomic mass is 35.5. The summed E-state index contributed by atoms with van der Waals surface area (Å²) in [7, 11) is 0. The molecule has 23 heavy (non-hydrogen) atoms. The van der Waals surface area contributed by atoms with Crippen LogP contribution in [-0.2, 0) is 11.3 Å². The number of ether oxygens (including phenoxy) is 1. The lowest BCUT2D eigenvalue weighted by atomic mass is 9.77. The summed E-state index contributed by atoms with van der Waals surface area (Å²) < 4.78 is 5.38. The van der Waals surface area contributed by atoms with Gasteiger partial charge in [-0.05, 0) is 49.0 Å². The lowest BCUT2D eigenvalue weighted by Gasteiger charge is -2.38. The molecule has 2 heterocycles. The third kappa shape index (κ3) is 3.80. The number of piperidine rings is 1. The number of halogens is 1. The third-order valence-corrected chi connectivity index (χ3v) is 5.12. The first-order chi connectivity index (χ1) is 11.1. The second-order valence-electron chi connectivity index (χ2n) is 6.49. The molecule has 0 saturated carbocycles. The minimum absolute atomic E-state index is 0.193. The number of likely N-dealkylation sites (tertiary alicyclic amines) is 1. The molecule has 0 aromatic heterocycles. The first-order valence-corrected chi connectivity index (χ1v) is 8.32. The number of benzene rings is 1. The van der Waals surface area contributed by atoms with Crippen LogP contribution in [0.25, 0.3) is 0 Å². The van der Waals surface area contributed by atoms with Crippen LogP contribution < -0.4 is 10.1 Å². The van der Waals surface area contributed by atoms with Crippen LogP contribution in [0.5, 0.6) is 5.75 Å². The summed E-state index contributed by atoms with van der Waals surface area (Å²) in [6.45, 7) is 3.96. The van der Waals surface area contributed by atoms with Crippen LogP contribution >= 0.6 is 11.6 Å². The zero-order chi connectivity index (χ0) is 16.3. The van der Waals surface area contributed by atoms with Gasteiger partial charge < -0.3 is 10.1 Å². The van der Waals surface area contributed by atoms with Crippen LogP contribution in [0.4, 0.5) is 0 Å². The van der Waals surface area contributed by atoms with E-state index in [2.05, 4.69) is 16.1 Å². The molecule has 122 valence electrons. The summed E-state index contributed by atoms with van der Waals surface area (Å²) in [4.78, 5) is 13.9. The van der Waals surface area contributed by atoms with Crippen LogP contribution in [-0.4, -0.2) is 37.0 Å². The van der Waals surface area contributed by atoms with Gasteiger partial charge in [-0.3, -0.25) is 9.69 Å². The fraction of sp³-hybridized carbons (Fsp3) is 0.500. The predicted octanol–water partition coefficient (Wildman–Crippen LogP) is 2.45. The predicted molar refractivity (Wildman–Crippen MR) is 90.4 cm³/mol. The van der Waals surface area contributed by atoms with Gasteiger partial charge >= 0.3 is 0 Å². The number of carbonyl (C=O) groups excluding carboxylic acids is 1. The van der Waals surface area contributed by atoms with Crippen molar-refractivity contribution in [1.29, 1.82) is 0 Å². The molecule has 0 atom stereocenters. The second-order valence-corrected chi connectivity index (χ2v) is 6.89. The maximum atomic E-state index is 11.5. The third-order valence-electron chi connectivity index (χ3n) is 4.83. The number of terminal acetylenes is 1. The van der Waals surface area contributed by atoms with Gasteiger partial charge in [-0.25, -0.2) is 0 Å². The fourth-order valence-corrected chi connectivity index (χ4v) is 3.69. The minimum Gasteiger partial charge on any atom is -0.479 e. The Morgan fingerprint density at radius 1 is 1.39 bits per heavy atom. The Hall–Kier alpha value is -1.70. The summed E-state index contributed by atoms with van der Waals surface area (Å²) >= 11 is 6.24. The van der Waals surface area contributed by atoms with Crippen molar-refractivity contribution in [3.63, 3.8) is 0 Å². The van der Waals surface area contributed by atoms with Gasteiger partial charge in [-0.1, -0.05) is 23.6 Å². The van der Waals surface area contributed by atoms with E-state index in [0.717, 1.165) is 39.0 Å². The molecule has 0 aliphatic carbocycles. The number of hydrogen-bond donors (Lipinski definition) is 1. The average molecular weight is 333 g/mol. The largest absolute Gasteiger partial charge is 0.479 e. The van der Waals surface area contributed by atoms with Crippen molar-refractivity contribution in [2.24, 2.45) is 5.41 Å². The molecule has 2 aliphatic heterocycles. The van der Waals surface area contributed by atoms with Crippen molar-refractivity contribution >= 4 is 17.5 Å². The van der Waals surface area contributed by atoms with Gasteiger partial charge in [-0.2, -0.15) is 0 Å². The summed E-state index contributed by atoms with van der Waals surface area (Å²) in [6, 6.07) is 5.85. The zero-order valence-electron chi connectivity index (χ0n) is 13.1. The normalized spacial score (nSPS) is 20.3. The van der Waals surface area contributed by atoms with Crippen molar-refractivity contribution in [2.45, 2.75) is 25.8 Å².